The molecule has 2 rings (SSSR count). The van der Waals surface area contributed by atoms with Gasteiger partial charge >= 0.3 is 0 Å². The number of rotatable bonds is 1. The van der Waals surface area contributed by atoms with Crippen molar-refractivity contribution in [1.82, 2.24) is 0 Å². The van der Waals surface area contributed by atoms with Crippen LogP contribution < -0.4 is 0 Å². The molecule has 0 amide bonds. The summed E-state index contributed by atoms with van der Waals surface area (Å²) in [5, 5.41) is 0. The summed E-state index contributed by atoms with van der Waals surface area (Å²) in [6.07, 6.45) is 10.7. The van der Waals surface area contributed by atoms with E-state index in [1.807, 2.05) is 0 Å². The van der Waals surface area contributed by atoms with Crippen LogP contribution >= 0.6 is 0 Å². The van der Waals surface area contributed by atoms with Gasteiger partial charge in [-0.05, 0) is 38.5 Å². The second kappa shape index (κ2) is 3.28. The third kappa shape index (κ3) is 1.45. The zero-order chi connectivity index (χ0) is 9.31. The van der Waals surface area contributed by atoms with Crippen LogP contribution in [0.5, 0.6) is 0 Å². The normalized spacial score (nSPS) is 39.2. The minimum Gasteiger partial charge on any atom is -0.303 e. The Bertz CT molecular complexity index is 242. The molecule has 0 aliphatic heterocycles. The van der Waals surface area contributed by atoms with Gasteiger partial charge in [0.2, 0.25) is 0 Å². The summed E-state index contributed by atoms with van der Waals surface area (Å²) >= 11 is 0. The van der Waals surface area contributed by atoms with Gasteiger partial charge in [-0.15, -0.1) is 0 Å². The van der Waals surface area contributed by atoms with Crippen molar-refractivity contribution >= 4 is 6.29 Å². The van der Waals surface area contributed by atoms with Gasteiger partial charge < -0.3 is 4.79 Å². The van der Waals surface area contributed by atoms with Gasteiger partial charge in [0.1, 0.15) is 6.29 Å². The molecule has 0 spiro atoms. The number of hydrogen-bond donors (Lipinski definition) is 0. The van der Waals surface area contributed by atoms with Gasteiger partial charge in [0.25, 0.3) is 0 Å². The molecule has 0 aromatic rings. The van der Waals surface area contributed by atoms with Crippen LogP contribution in [0.4, 0.5) is 0 Å². The molecule has 0 saturated heterocycles. The maximum Gasteiger partial charge on any atom is 0.126 e. The van der Waals surface area contributed by atoms with Gasteiger partial charge in [0.15, 0.2) is 0 Å². The summed E-state index contributed by atoms with van der Waals surface area (Å²) in [5.74, 6) is 0.656. The second-order valence-corrected chi connectivity index (χ2v) is 4.75. The van der Waals surface area contributed by atoms with Crippen LogP contribution in [-0.4, -0.2) is 6.29 Å². The minimum absolute atomic E-state index is 0.0394. The lowest BCUT2D eigenvalue weighted by Crippen LogP contribution is -2.37. The first-order chi connectivity index (χ1) is 6.27. The molecule has 0 heterocycles. The van der Waals surface area contributed by atoms with Crippen LogP contribution in [0, 0.1) is 11.3 Å². The third-order valence-electron chi connectivity index (χ3n) is 3.89. The summed E-state index contributed by atoms with van der Waals surface area (Å²) in [6, 6.07) is 0. The molecule has 1 heteroatoms. The second-order valence-electron chi connectivity index (χ2n) is 4.75. The Kier molecular flexibility index (Phi) is 2.27. The number of fused-ring (bicyclic) bond motifs is 1. The van der Waals surface area contributed by atoms with Crippen LogP contribution in [0.1, 0.15) is 45.4 Å². The number of carbonyl (C=O) groups is 1. The Morgan fingerprint density at radius 1 is 1.54 bits per heavy atom. The topological polar surface area (TPSA) is 17.1 Å². The molecule has 0 radical (unpaired) electrons. The Balaban J connectivity index is 2.24. The molecule has 1 nitrogen and oxygen atoms in total. The maximum atomic E-state index is 11.2. The van der Waals surface area contributed by atoms with Gasteiger partial charge in [0, 0.05) is 5.41 Å². The predicted octanol–water partition coefficient (Wildman–Crippen LogP) is 3.10. The monoisotopic (exact) mass is 178 g/mol. The van der Waals surface area contributed by atoms with Crippen molar-refractivity contribution in [2.75, 3.05) is 0 Å². The third-order valence-corrected chi connectivity index (χ3v) is 3.89. The highest BCUT2D eigenvalue weighted by molar-refractivity contribution is 5.61. The molecule has 13 heavy (non-hydrogen) atoms. The lowest BCUT2D eigenvalue weighted by molar-refractivity contribution is -0.121. The molecular weight excluding hydrogens is 160 g/mol. The smallest absolute Gasteiger partial charge is 0.126 e. The summed E-state index contributed by atoms with van der Waals surface area (Å²) in [6.45, 7) is 2.20. The number of aldehydes is 1. The van der Waals surface area contributed by atoms with E-state index in [9.17, 15) is 4.79 Å². The molecule has 0 bridgehead atoms. The molecule has 0 aromatic carbocycles. The Hall–Kier alpha value is -0.590. The standard InChI is InChI=1S/C12H18O/c1-10-5-7-12(9-13)6-3-2-4-11(12)8-10/h5,9,11H,2-4,6-8H2,1H3. The van der Waals surface area contributed by atoms with Crippen LogP contribution in [0.3, 0.4) is 0 Å². The Labute approximate surface area is 80.2 Å². The highest BCUT2D eigenvalue weighted by Gasteiger charge is 2.41. The van der Waals surface area contributed by atoms with Crippen molar-refractivity contribution in [2.24, 2.45) is 11.3 Å². The van der Waals surface area contributed by atoms with Gasteiger partial charge in [0.05, 0.1) is 0 Å². The quantitative estimate of drug-likeness (QED) is 0.445. The van der Waals surface area contributed by atoms with E-state index in [-0.39, 0.29) is 5.41 Å². The summed E-state index contributed by atoms with van der Waals surface area (Å²) in [5.41, 5.74) is 1.53. The molecular formula is C12H18O. The van der Waals surface area contributed by atoms with Crippen molar-refractivity contribution in [2.45, 2.75) is 45.4 Å². The molecule has 2 unspecified atom stereocenters. The van der Waals surface area contributed by atoms with Crippen LogP contribution in [-0.2, 0) is 4.79 Å². The van der Waals surface area contributed by atoms with E-state index in [1.165, 1.54) is 37.5 Å². The van der Waals surface area contributed by atoms with E-state index >= 15 is 0 Å². The van der Waals surface area contributed by atoms with Gasteiger partial charge in [-0.25, -0.2) is 0 Å². The van der Waals surface area contributed by atoms with Crippen molar-refractivity contribution in [3.63, 3.8) is 0 Å². The highest BCUT2D eigenvalue weighted by Crippen LogP contribution is 2.48. The fourth-order valence-corrected chi connectivity index (χ4v) is 2.95. The molecule has 2 aliphatic rings. The van der Waals surface area contributed by atoms with E-state index < -0.39 is 0 Å². The average molecular weight is 178 g/mol. The largest absolute Gasteiger partial charge is 0.303 e. The van der Waals surface area contributed by atoms with Crippen molar-refractivity contribution in [1.29, 1.82) is 0 Å². The lowest BCUT2D eigenvalue weighted by atomic mass is 9.61. The Morgan fingerprint density at radius 3 is 3.15 bits per heavy atom. The fraction of sp³-hybridized carbons (Fsp3) is 0.750. The van der Waals surface area contributed by atoms with E-state index in [0.717, 1.165) is 12.8 Å². The maximum absolute atomic E-state index is 11.2. The molecule has 72 valence electrons. The van der Waals surface area contributed by atoms with Crippen LogP contribution in [0.2, 0.25) is 0 Å². The SMILES string of the molecule is CC1=CCC2(C=O)CCCCC2C1. The zero-order valence-electron chi connectivity index (χ0n) is 8.38. The molecule has 2 aliphatic carbocycles. The number of allylic oxidation sites excluding steroid dienone is 2. The van der Waals surface area contributed by atoms with Crippen LogP contribution in [0.15, 0.2) is 11.6 Å². The van der Waals surface area contributed by atoms with Gasteiger partial charge in [-0.3, -0.25) is 0 Å². The summed E-state index contributed by atoms with van der Waals surface area (Å²) in [7, 11) is 0. The highest BCUT2D eigenvalue weighted by atomic mass is 16.1. The molecule has 0 N–H and O–H groups in total. The lowest BCUT2D eigenvalue weighted by Gasteiger charge is -2.42. The molecule has 0 aromatic heterocycles. The van der Waals surface area contributed by atoms with E-state index in [0.29, 0.717) is 5.92 Å². The van der Waals surface area contributed by atoms with E-state index in [2.05, 4.69) is 13.0 Å². The predicted molar refractivity (Wildman–Crippen MR) is 53.4 cm³/mol. The number of carbonyl (C=O) groups excluding carboxylic acids is 1. The van der Waals surface area contributed by atoms with E-state index in [4.69, 9.17) is 0 Å². The minimum atomic E-state index is 0.0394. The molecule has 1 fully saturated rings. The first-order valence-electron chi connectivity index (χ1n) is 5.39. The first kappa shape index (κ1) is 8.98. The summed E-state index contributed by atoms with van der Waals surface area (Å²) in [4.78, 5) is 11.2. The van der Waals surface area contributed by atoms with Gasteiger partial charge in [-0.2, -0.15) is 0 Å². The number of hydrogen-bond acceptors (Lipinski definition) is 1. The fourth-order valence-electron chi connectivity index (χ4n) is 2.95. The first-order valence-corrected chi connectivity index (χ1v) is 5.39. The zero-order valence-corrected chi connectivity index (χ0v) is 8.38. The van der Waals surface area contributed by atoms with Crippen molar-refractivity contribution in [3.05, 3.63) is 11.6 Å². The van der Waals surface area contributed by atoms with E-state index in [1.54, 1.807) is 0 Å². The molecule has 2 atom stereocenters. The molecule has 1 saturated carbocycles. The van der Waals surface area contributed by atoms with Gasteiger partial charge in [-0.1, -0.05) is 24.5 Å². The van der Waals surface area contributed by atoms with Crippen molar-refractivity contribution < 1.29 is 4.79 Å². The van der Waals surface area contributed by atoms with Crippen molar-refractivity contribution in [3.8, 4) is 0 Å². The Morgan fingerprint density at radius 2 is 2.38 bits per heavy atom. The average Bonchev–Trinajstić information content (AvgIpc) is 2.18. The van der Waals surface area contributed by atoms with Crippen LogP contribution in [0.25, 0.3) is 0 Å². The summed E-state index contributed by atoms with van der Waals surface area (Å²) < 4.78 is 0.